The number of fused-ring (bicyclic) bond motifs is 1. The molecule has 20 heavy (non-hydrogen) atoms. The first-order chi connectivity index (χ1) is 9.75. The predicted molar refractivity (Wildman–Crippen MR) is 83.6 cm³/mol. The van der Waals surface area contributed by atoms with Gasteiger partial charge < -0.3 is 10.6 Å². The number of hydrogen-bond donors (Lipinski definition) is 2. The van der Waals surface area contributed by atoms with Crippen LogP contribution < -0.4 is 10.6 Å². The molecule has 2 heteroatoms. The second kappa shape index (κ2) is 5.78. The average Bonchev–Trinajstić information content (AvgIpc) is 2.50. The van der Waals surface area contributed by atoms with Crippen molar-refractivity contribution in [2.75, 3.05) is 0 Å². The van der Waals surface area contributed by atoms with Crippen LogP contribution in [0.25, 0.3) is 0 Å². The van der Waals surface area contributed by atoms with Crippen molar-refractivity contribution in [2.24, 2.45) is 0 Å². The molecule has 0 radical (unpaired) electrons. The normalized spacial score (nSPS) is 26.4. The molecule has 0 saturated carbocycles. The highest BCUT2D eigenvalue weighted by atomic mass is 15.0. The van der Waals surface area contributed by atoms with Crippen LogP contribution in [-0.2, 0) is 6.54 Å². The third kappa shape index (κ3) is 2.62. The Morgan fingerprint density at radius 2 is 1.55 bits per heavy atom. The lowest BCUT2D eigenvalue weighted by atomic mass is 9.91. The Balaban J connectivity index is 2.06. The summed E-state index contributed by atoms with van der Waals surface area (Å²) < 4.78 is 0. The Bertz CT molecular complexity index is 565. The van der Waals surface area contributed by atoms with Crippen LogP contribution in [0.2, 0.25) is 0 Å². The zero-order valence-corrected chi connectivity index (χ0v) is 12.1. The molecule has 1 heterocycles. The van der Waals surface area contributed by atoms with E-state index in [4.69, 9.17) is 0 Å². The fourth-order valence-electron chi connectivity index (χ4n) is 2.84. The monoisotopic (exact) mass is 266 g/mol. The molecule has 0 bridgehead atoms. The Hall–Kier alpha value is -1.64. The van der Waals surface area contributed by atoms with E-state index >= 15 is 0 Å². The average molecular weight is 266 g/mol. The van der Waals surface area contributed by atoms with Crippen LogP contribution in [0.15, 0.2) is 54.6 Å². The summed E-state index contributed by atoms with van der Waals surface area (Å²) in [4.78, 5) is 0. The standard InChI is InChI=1S/C18H22N2/c1-13-14(2)20-18(15-8-4-3-5-9-15)17-11-7-6-10-16(17)12-19-13/h3-11,13-14,18-20H,12H2,1-2H3. The summed E-state index contributed by atoms with van der Waals surface area (Å²) in [7, 11) is 0. The van der Waals surface area contributed by atoms with E-state index in [0.29, 0.717) is 12.1 Å². The van der Waals surface area contributed by atoms with Crippen LogP contribution >= 0.6 is 0 Å². The molecular formula is C18H22N2. The van der Waals surface area contributed by atoms with Crippen LogP contribution in [0.1, 0.15) is 36.6 Å². The molecule has 1 aliphatic rings. The summed E-state index contributed by atoms with van der Waals surface area (Å²) in [5, 5.41) is 7.38. The molecule has 2 N–H and O–H groups in total. The van der Waals surface area contributed by atoms with Crippen LogP contribution in [0, 0.1) is 0 Å². The van der Waals surface area contributed by atoms with E-state index in [1.165, 1.54) is 16.7 Å². The number of nitrogens with one attached hydrogen (secondary N) is 2. The van der Waals surface area contributed by atoms with Gasteiger partial charge in [0.05, 0.1) is 6.04 Å². The van der Waals surface area contributed by atoms with Gasteiger partial charge in [-0.05, 0) is 30.5 Å². The zero-order valence-electron chi connectivity index (χ0n) is 12.1. The fourth-order valence-corrected chi connectivity index (χ4v) is 2.84. The maximum atomic E-state index is 3.78. The molecule has 0 aliphatic carbocycles. The lowest BCUT2D eigenvalue weighted by Crippen LogP contribution is -2.47. The van der Waals surface area contributed by atoms with Gasteiger partial charge in [0, 0.05) is 18.6 Å². The Kier molecular flexibility index (Phi) is 3.86. The lowest BCUT2D eigenvalue weighted by molar-refractivity contribution is 0.372. The summed E-state index contributed by atoms with van der Waals surface area (Å²) in [5.74, 6) is 0. The van der Waals surface area contributed by atoms with Crippen molar-refractivity contribution < 1.29 is 0 Å². The second-order valence-electron chi connectivity index (χ2n) is 5.67. The minimum absolute atomic E-state index is 0.270. The summed E-state index contributed by atoms with van der Waals surface area (Å²) >= 11 is 0. The minimum Gasteiger partial charge on any atom is -0.309 e. The molecule has 104 valence electrons. The molecular weight excluding hydrogens is 244 g/mol. The summed E-state index contributed by atoms with van der Waals surface area (Å²) in [6.07, 6.45) is 0. The van der Waals surface area contributed by atoms with Gasteiger partial charge in [-0.3, -0.25) is 0 Å². The zero-order chi connectivity index (χ0) is 13.9. The van der Waals surface area contributed by atoms with Gasteiger partial charge in [-0.15, -0.1) is 0 Å². The van der Waals surface area contributed by atoms with E-state index in [1.54, 1.807) is 0 Å². The van der Waals surface area contributed by atoms with Crippen molar-refractivity contribution in [3.05, 3.63) is 71.3 Å². The molecule has 0 aromatic heterocycles. The number of benzene rings is 2. The molecule has 3 atom stereocenters. The van der Waals surface area contributed by atoms with Crippen molar-refractivity contribution in [1.82, 2.24) is 10.6 Å². The second-order valence-corrected chi connectivity index (χ2v) is 5.67. The van der Waals surface area contributed by atoms with E-state index in [9.17, 15) is 0 Å². The van der Waals surface area contributed by atoms with Gasteiger partial charge in [-0.1, -0.05) is 54.6 Å². The molecule has 2 nitrogen and oxygen atoms in total. The first kappa shape index (κ1) is 13.3. The van der Waals surface area contributed by atoms with E-state index < -0.39 is 0 Å². The largest absolute Gasteiger partial charge is 0.309 e. The quantitative estimate of drug-likeness (QED) is 0.828. The van der Waals surface area contributed by atoms with Gasteiger partial charge >= 0.3 is 0 Å². The maximum absolute atomic E-state index is 3.78. The highest BCUT2D eigenvalue weighted by Crippen LogP contribution is 2.27. The first-order valence-corrected chi connectivity index (χ1v) is 7.38. The van der Waals surface area contributed by atoms with E-state index in [2.05, 4.69) is 79.1 Å². The molecule has 1 aliphatic heterocycles. The molecule has 0 amide bonds. The van der Waals surface area contributed by atoms with E-state index in [0.717, 1.165) is 6.54 Å². The Labute approximate surface area is 121 Å². The molecule has 0 spiro atoms. The van der Waals surface area contributed by atoms with Gasteiger partial charge in [0.1, 0.15) is 0 Å². The van der Waals surface area contributed by atoms with Crippen LogP contribution in [-0.4, -0.2) is 12.1 Å². The van der Waals surface area contributed by atoms with Crippen molar-refractivity contribution in [3.63, 3.8) is 0 Å². The van der Waals surface area contributed by atoms with Gasteiger partial charge in [-0.25, -0.2) is 0 Å². The summed E-state index contributed by atoms with van der Waals surface area (Å²) in [6, 6.07) is 20.6. The van der Waals surface area contributed by atoms with Gasteiger partial charge in [0.2, 0.25) is 0 Å². The van der Waals surface area contributed by atoms with Crippen LogP contribution in [0.5, 0.6) is 0 Å². The predicted octanol–water partition coefficient (Wildman–Crippen LogP) is 3.25. The van der Waals surface area contributed by atoms with Crippen molar-refractivity contribution in [2.45, 2.75) is 38.5 Å². The van der Waals surface area contributed by atoms with Crippen LogP contribution in [0.4, 0.5) is 0 Å². The van der Waals surface area contributed by atoms with Crippen molar-refractivity contribution in [1.29, 1.82) is 0 Å². The SMILES string of the molecule is CC1NCc2ccccc2C(c2ccccc2)NC1C. The minimum atomic E-state index is 0.270. The fraction of sp³-hybridized carbons (Fsp3) is 0.333. The summed E-state index contributed by atoms with van der Waals surface area (Å²) in [6.45, 7) is 5.43. The first-order valence-electron chi connectivity index (χ1n) is 7.38. The van der Waals surface area contributed by atoms with E-state index in [1.807, 2.05) is 0 Å². The topological polar surface area (TPSA) is 24.1 Å². The van der Waals surface area contributed by atoms with Crippen molar-refractivity contribution >= 4 is 0 Å². The maximum Gasteiger partial charge on any atom is 0.0582 e. The Morgan fingerprint density at radius 3 is 2.35 bits per heavy atom. The molecule has 3 unspecified atom stereocenters. The Morgan fingerprint density at radius 1 is 0.850 bits per heavy atom. The molecule has 2 aromatic rings. The van der Waals surface area contributed by atoms with Crippen molar-refractivity contribution in [3.8, 4) is 0 Å². The van der Waals surface area contributed by atoms with Gasteiger partial charge in [0.25, 0.3) is 0 Å². The smallest absolute Gasteiger partial charge is 0.0582 e. The van der Waals surface area contributed by atoms with Gasteiger partial charge in [0.15, 0.2) is 0 Å². The van der Waals surface area contributed by atoms with Crippen LogP contribution in [0.3, 0.4) is 0 Å². The number of hydrogen-bond acceptors (Lipinski definition) is 2. The van der Waals surface area contributed by atoms with E-state index in [-0.39, 0.29) is 6.04 Å². The number of rotatable bonds is 1. The third-order valence-corrected chi connectivity index (χ3v) is 4.29. The molecule has 2 aromatic carbocycles. The third-order valence-electron chi connectivity index (χ3n) is 4.29. The summed E-state index contributed by atoms with van der Waals surface area (Å²) in [5.41, 5.74) is 4.10. The van der Waals surface area contributed by atoms with Gasteiger partial charge in [-0.2, -0.15) is 0 Å². The highest BCUT2D eigenvalue weighted by Gasteiger charge is 2.24. The molecule has 0 saturated heterocycles. The molecule has 0 fully saturated rings. The highest BCUT2D eigenvalue weighted by molar-refractivity contribution is 5.38. The lowest BCUT2D eigenvalue weighted by Gasteiger charge is -2.33. The molecule has 3 rings (SSSR count).